The van der Waals surface area contributed by atoms with Crippen molar-refractivity contribution in [3.05, 3.63) is 60.2 Å². The number of hydrogen-bond acceptors (Lipinski definition) is 2. The van der Waals surface area contributed by atoms with Crippen molar-refractivity contribution in [2.45, 2.75) is 6.92 Å². The fraction of sp³-hybridized carbons (Fsp3) is 0.167. The van der Waals surface area contributed by atoms with Gasteiger partial charge in [0.15, 0.2) is 0 Å². The van der Waals surface area contributed by atoms with Gasteiger partial charge in [-0.15, -0.1) is 0 Å². The molecule has 0 radical (unpaired) electrons. The van der Waals surface area contributed by atoms with Crippen LogP contribution < -0.4 is 10.1 Å². The van der Waals surface area contributed by atoms with E-state index in [1.165, 1.54) is 0 Å². The Morgan fingerprint density at radius 1 is 1.09 bits per heavy atom. The van der Waals surface area contributed by atoms with E-state index in [9.17, 15) is 0 Å². The van der Waals surface area contributed by atoms with Crippen molar-refractivity contribution in [2.24, 2.45) is 7.05 Å². The molecule has 2 aromatic carbocycles. The highest BCUT2D eigenvalue weighted by molar-refractivity contribution is 7.81. The molecular formula is C18H18N2OS. The quantitative estimate of drug-likeness (QED) is 0.725. The first-order valence-electron chi connectivity index (χ1n) is 7.29. The molecule has 0 bridgehead atoms. The van der Waals surface area contributed by atoms with Gasteiger partial charge >= 0.3 is 0 Å². The Balaban J connectivity index is 2.08. The van der Waals surface area contributed by atoms with Crippen LogP contribution in [-0.2, 0) is 7.05 Å². The largest absolute Gasteiger partial charge is 0.479 e. The molecule has 0 amide bonds. The number of aryl methyl sites for hydroxylation is 1. The Morgan fingerprint density at radius 3 is 2.50 bits per heavy atom. The fourth-order valence-corrected chi connectivity index (χ4v) is 2.93. The monoisotopic (exact) mass is 310 g/mol. The Bertz CT molecular complexity index is 809. The Morgan fingerprint density at radius 2 is 1.77 bits per heavy atom. The molecule has 0 spiro atoms. The van der Waals surface area contributed by atoms with E-state index < -0.39 is 0 Å². The van der Waals surface area contributed by atoms with Gasteiger partial charge in [0.1, 0.15) is 4.99 Å². The molecule has 0 aliphatic heterocycles. The molecule has 0 saturated heterocycles. The van der Waals surface area contributed by atoms with Crippen molar-refractivity contribution in [3.8, 4) is 5.88 Å². The Labute approximate surface area is 135 Å². The molecule has 1 aromatic heterocycles. The lowest BCUT2D eigenvalue weighted by Gasteiger charge is -2.11. The van der Waals surface area contributed by atoms with Crippen molar-refractivity contribution in [2.75, 3.05) is 11.9 Å². The van der Waals surface area contributed by atoms with Crippen LogP contribution in [0.15, 0.2) is 54.6 Å². The summed E-state index contributed by atoms with van der Waals surface area (Å²) in [5.74, 6) is 0.803. The number of nitrogens with zero attached hydrogens (tertiary/aromatic N) is 1. The van der Waals surface area contributed by atoms with E-state index in [0.29, 0.717) is 11.6 Å². The van der Waals surface area contributed by atoms with E-state index in [1.807, 2.05) is 61.0 Å². The van der Waals surface area contributed by atoms with E-state index in [4.69, 9.17) is 17.0 Å². The predicted octanol–water partition coefficient (Wildman–Crippen LogP) is 4.36. The van der Waals surface area contributed by atoms with Crippen LogP contribution in [-0.4, -0.2) is 16.2 Å². The highest BCUT2D eigenvalue weighted by atomic mass is 32.1. The number of rotatable bonds is 4. The Kier molecular flexibility index (Phi) is 4.11. The first-order valence-corrected chi connectivity index (χ1v) is 7.69. The number of fused-ring (bicyclic) bond motifs is 1. The summed E-state index contributed by atoms with van der Waals surface area (Å²) in [4.78, 5) is 0.673. The summed E-state index contributed by atoms with van der Waals surface area (Å²) in [5.41, 5.74) is 3.03. The third-order valence-electron chi connectivity index (χ3n) is 3.59. The third kappa shape index (κ3) is 2.57. The first-order chi connectivity index (χ1) is 10.7. The number of ether oxygens (including phenoxy) is 1. The number of nitrogens with one attached hydrogen (secondary N) is 1. The van der Waals surface area contributed by atoms with Gasteiger partial charge in [-0.3, -0.25) is 0 Å². The van der Waals surface area contributed by atoms with Gasteiger partial charge in [-0.1, -0.05) is 48.6 Å². The fourth-order valence-electron chi connectivity index (χ4n) is 2.61. The van der Waals surface area contributed by atoms with Crippen LogP contribution in [0.5, 0.6) is 5.88 Å². The smallest absolute Gasteiger partial charge is 0.204 e. The minimum atomic E-state index is 0.602. The third-order valence-corrected chi connectivity index (χ3v) is 3.90. The minimum absolute atomic E-state index is 0.602. The van der Waals surface area contributed by atoms with Crippen molar-refractivity contribution in [1.82, 2.24) is 4.57 Å². The lowest BCUT2D eigenvalue weighted by molar-refractivity contribution is 0.316. The van der Waals surface area contributed by atoms with Gasteiger partial charge in [-0.2, -0.15) is 0 Å². The van der Waals surface area contributed by atoms with Gasteiger partial charge in [0.25, 0.3) is 0 Å². The number of anilines is 1. The van der Waals surface area contributed by atoms with Gasteiger partial charge < -0.3 is 14.6 Å². The number of aromatic nitrogens is 1. The van der Waals surface area contributed by atoms with Gasteiger partial charge in [-0.05, 0) is 25.1 Å². The van der Waals surface area contributed by atoms with Crippen LogP contribution in [0.2, 0.25) is 0 Å². The lowest BCUT2D eigenvalue weighted by Crippen LogP contribution is -2.12. The van der Waals surface area contributed by atoms with Gasteiger partial charge in [0, 0.05) is 18.1 Å². The zero-order valence-corrected chi connectivity index (χ0v) is 13.5. The summed E-state index contributed by atoms with van der Waals surface area (Å²) < 4.78 is 7.90. The molecule has 0 aliphatic rings. The van der Waals surface area contributed by atoms with E-state index in [0.717, 1.165) is 28.0 Å². The second-order valence-corrected chi connectivity index (χ2v) is 5.42. The summed E-state index contributed by atoms with van der Waals surface area (Å²) in [6.45, 7) is 2.58. The summed E-state index contributed by atoms with van der Waals surface area (Å²) in [7, 11) is 2.00. The maximum absolute atomic E-state index is 5.85. The number of hydrogen-bond donors (Lipinski definition) is 1. The number of benzene rings is 2. The van der Waals surface area contributed by atoms with Crippen molar-refractivity contribution >= 4 is 33.8 Å². The van der Waals surface area contributed by atoms with Crippen LogP contribution in [0.1, 0.15) is 12.5 Å². The molecule has 0 atom stereocenters. The Hall–Kier alpha value is -2.33. The van der Waals surface area contributed by atoms with Crippen LogP contribution in [0.25, 0.3) is 10.9 Å². The van der Waals surface area contributed by atoms with Crippen LogP contribution in [0.4, 0.5) is 5.69 Å². The van der Waals surface area contributed by atoms with E-state index in [2.05, 4.69) is 17.4 Å². The minimum Gasteiger partial charge on any atom is -0.479 e. The molecule has 4 heteroatoms. The average Bonchev–Trinajstić information content (AvgIpc) is 2.82. The van der Waals surface area contributed by atoms with E-state index >= 15 is 0 Å². The van der Waals surface area contributed by atoms with Gasteiger partial charge in [0.2, 0.25) is 5.88 Å². The summed E-state index contributed by atoms with van der Waals surface area (Å²) in [5, 5.41) is 4.40. The number of thiocarbonyl (C=S) groups is 1. The molecule has 22 heavy (non-hydrogen) atoms. The molecule has 0 aliphatic carbocycles. The lowest BCUT2D eigenvalue weighted by atomic mass is 10.1. The molecule has 0 unspecified atom stereocenters. The SMILES string of the molecule is CCOc1c(C(=S)Nc2ccccc2)c2ccccc2n1C. The van der Waals surface area contributed by atoms with Crippen LogP contribution in [0.3, 0.4) is 0 Å². The molecule has 3 nitrogen and oxygen atoms in total. The molecule has 1 N–H and O–H groups in total. The predicted molar refractivity (Wildman–Crippen MR) is 95.9 cm³/mol. The topological polar surface area (TPSA) is 26.2 Å². The molecule has 112 valence electrons. The molecule has 3 rings (SSSR count). The van der Waals surface area contributed by atoms with Crippen LogP contribution in [0, 0.1) is 0 Å². The summed E-state index contributed by atoms with van der Waals surface area (Å²) in [6.07, 6.45) is 0. The standard InChI is InChI=1S/C18H18N2OS/c1-3-21-18-16(14-11-7-8-12-15(14)20(18)2)17(22)19-13-9-5-4-6-10-13/h4-12H,3H2,1-2H3,(H,19,22). The maximum Gasteiger partial charge on any atom is 0.204 e. The molecule has 0 saturated carbocycles. The second-order valence-electron chi connectivity index (χ2n) is 5.01. The molecular weight excluding hydrogens is 292 g/mol. The molecule has 1 heterocycles. The van der Waals surface area contributed by atoms with Crippen molar-refractivity contribution < 1.29 is 4.74 Å². The van der Waals surface area contributed by atoms with Gasteiger partial charge in [-0.25, -0.2) is 0 Å². The highest BCUT2D eigenvalue weighted by Gasteiger charge is 2.19. The molecule has 3 aromatic rings. The van der Waals surface area contributed by atoms with Crippen LogP contribution >= 0.6 is 12.2 Å². The first kappa shape index (κ1) is 14.6. The maximum atomic E-state index is 5.85. The zero-order valence-electron chi connectivity index (χ0n) is 12.7. The normalized spacial score (nSPS) is 10.6. The number of para-hydroxylation sites is 2. The zero-order chi connectivity index (χ0) is 15.5. The van der Waals surface area contributed by atoms with Gasteiger partial charge in [0.05, 0.1) is 17.7 Å². The van der Waals surface area contributed by atoms with Crippen molar-refractivity contribution in [1.29, 1.82) is 0 Å². The average molecular weight is 310 g/mol. The highest BCUT2D eigenvalue weighted by Crippen LogP contribution is 2.32. The van der Waals surface area contributed by atoms with E-state index in [-0.39, 0.29) is 0 Å². The van der Waals surface area contributed by atoms with E-state index in [1.54, 1.807) is 0 Å². The molecule has 0 fully saturated rings. The second kappa shape index (κ2) is 6.20. The summed E-state index contributed by atoms with van der Waals surface area (Å²) in [6, 6.07) is 18.1. The summed E-state index contributed by atoms with van der Waals surface area (Å²) >= 11 is 5.64. The van der Waals surface area contributed by atoms with Crippen molar-refractivity contribution in [3.63, 3.8) is 0 Å².